The van der Waals surface area contributed by atoms with Gasteiger partial charge in [0, 0.05) is 12.6 Å². The van der Waals surface area contributed by atoms with Crippen LogP contribution in [0.5, 0.6) is 11.5 Å². The lowest BCUT2D eigenvalue weighted by Crippen LogP contribution is -2.27. The van der Waals surface area contributed by atoms with Gasteiger partial charge in [0.2, 0.25) is 11.7 Å². The van der Waals surface area contributed by atoms with Gasteiger partial charge in [-0.25, -0.2) is 0 Å². The van der Waals surface area contributed by atoms with Gasteiger partial charge in [-0.3, -0.25) is 4.79 Å². The molecular weight excluding hydrogens is 405 g/mol. The molecule has 28 heavy (non-hydrogen) atoms. The average molecular weight is 422 g/mol. The van der Waals surface area contributed by atoms with E-state index in [1.165, 1.54) is 4.90 Å². The maximum Gasteiger partial charge on any atom is 0.257 e. The molecule has 0 radical (unpaired) electrons. The molecule has 0 fully saturated rings. The van der Waals surface area contributed by atoms with Gasteiger partial charge in [0.15, 0.2) is 11.5 Å². The van der Waals surface area contributed by atoms with Crippen molar-refractivity contribution in [2.75, 3.05) is 21.3 Å². The van der Waals surface area contributed by atoms with Gasteiger partial charge in [0.25, 0.3) is 5.91 Å². The Morgan fingerprint density at radius 1 is 1.11 bits per heavy atom. The molecule has 0 saturated carbocycles. The number of ether oxygens (including phenoxy) is 2. The van der Waals surface area contributed by atoms with Gasteiger partial charge < -0.3 is 18.9 Å². The lowest BCUT2D eigenvalue weighted by Gasteiger charge is -2.16. The van der Waals surface area contributed by atoms with Gasteiger partial charge in [0.1, 0.15) is 0 Å². The first-order valence-electron chi connectivity index (χ1n) is 8.19. The second-order valence-corrected chi connectivity index (χ2v) is 6.65. The van der Waals surface area contributed by atoms with Crippen LogP contribution in [0.25, 0.3) is 11.4 Å². The van der Waals surface area contributed by atoms with Crippen LogP contribution in [0.4, 0.5) is 0 Å². The molecule has 0 spiro atoms. The van der Waals surface area contributed by atoms with E-state index in [0.29, 0.717) is 22.9 Å². The summed E-state index contributed by atoms with van der Waals surface area (Å²) >= 11 is 12.2. The zero-order valence-corrected chi connectivity index (χ0v) is 16.9. The number of methoxy groups -OCH3 is 2. The van der Waals surface area contributed by atoms with E-state index in [1.807, 2.05) is 0 Å². The summed E-state index contributed by atoms with van der Waals surface area (Å²) in [4.78, 5) is 18.4. The van der Waals surface area contributed by atoms with Crippen molar-refractivity contribution >= 4 is 29.1 Å². The van der Waals surface area contributed by atoms with Crippen LogP contribution in [0.3, 0.4) is 0 Å². The Balaban J connectivity index is 1.78. The average Bonchev–Trinajstić information content (AvgIpc) is 3.15. The van der Waals surface area contributed by atoms with E-state index in [1.54, 1.807) is 57.7 Å². The zero-order chi connectivity index (χ0) is 20.3. The Morgan fingerprint density at radius 2 is 1.79 bits per heavy atom. The van der Waals surface area contributed by atoms with Gasteiger partial charge in [-0.2, -0.15) is 4.98 Å². The zero-order valence-electron chi connectivity index (χ0n) is 15.4. The first kappa shape index (κ1) is 20.0. The molecule has 9 heteroatoms. The molecule has 3 aromatic rings. The van der Waals surface area contributed by atoms with E-state index in [9.17, 15) is 4.79 Å². The Hall–Kier alpha value is -2.77. The Bertz CT molecular complexity index is 986. The third kappa shape index (κ3) is 4.05. The predicted octanol–water partition coefficient (Wildman–Crippen LogP) is 4.33. The van der Waals surface area contributed by atoms with Crippen molar-refractivity contribution in [3.8, 4) is 22.9 Å². The van der Waals surface area contributed by atoms with Crippen LogP contribution >= 0.6 is 23.2 Å². The molecule has 7 nitrogen and oxygen atoms in total. The van der Waals surface area contributed by atoms with Crippen LogP contribution in [-0.2, 0) is 6.54 Å². The van der Waals surface area contributed by atoms with E-state index >= 15 is 0 Å². The number of benzene rings is 2. The normalized spacial score (nSPS) is 10.6. The highest BCUT2D eigenvalue weighted by atomic mass is 35.5. The highest BCUT2D eigenvalue weighted by molar-refractivity contribution is 6.39. The van der Waals surface area contributed by atoms with Crippen molar-refractivity contribution in [1.82, 2.24) is 15.0 Å². The second kappa shape index (κ2) is 8.50. The fourth-order valence-electron chi connectivity index (χ4n) is 2.58. The van der Waals surface area contributed by atoms with Crippen molar-refractivity contribution in [3.63, 3.8) is 0 Å². The topological polar surface area (TPSA) is 77.7 Å². The van der Waals surface area contributed by atoms with E-state index in [2.05, 4.69) is 10.1 Å². The number of nitrogens with zero attached hydrogens (tertiary/aromatic N) is 3. The highest BCUT2D eigenvalue weighted by Crippen LogP contribution is 2.31. The first-order valence-corrected chi connectivity index (χ1v) is 8.94. The van der Waals surface area contributed by atoms with E-state index in [4.69, 9.17) is 37.2 Å². The van der Waals surface area contributed by atoms with E-state index in [0.717, 1.165) is 0 Å². The summed E-state index contributed by atoms with van der Waals surface area (Å²) in [6, 6.07) is 10.2. The minimum atomic E-state index is -0.346. The first-order chi connectivity index (χ1) is 13.4. The largest absolute Gasteiger partial charge is 0.493 e. The molecular formula is C19H17Cl2N3O4. The van der Waals surface area contributed by atoms with E-state index in [-0.39, 0.29) is 34.0 Å². The molecule has 2 aromatic carbocycles. The summed E-state index contributed by atoms with van der Waals surface area (Å²) < 4.78 is 15.8. The molecule has 3 rings (SSSR count). The van der Waals surface area contributed by atoms with Crippen molar-refractivity contribution in [1.29, 1.82) is 0 Å². The highest BCUT2D eigenvalue weighted by Gasteiger charge is 2.21. The lowest BCUT2D eigenvalue weighted by molar-refractivity contribution is 0.0770. The summed E-state index contributed by atoms with van der Waals surface area (Å²) in [5, 5.41) is 4.52. The summed E-state index contributed by atoms with van der Waals surface area (Å²) in [6.45, 7) is 0.0979. The number of hydrogen-bond donors (Lipinski definition) is 0. The molecule has 0 N–H and O–H groups in total. The maximum absolute atomic E-state index is 12.7. The Kier molecular flexibility index (Phi) is 6.06. The summed E-state index contributed by atoms with van der Waals surface area (Å²) in [5.74, 6) is 1.43. The fraction of sp³-hybridized carbons (Fsp3) is 0.211. The monoisotopic (exact) mass is 421 g/mol. The van der Waals surface area contributed by atoms with Crippen LogP contribution in [0.1, 0.15) is 16.2 Å². The lowest BCUT2D eigenvalue weighted by atomic mass is 10.2. The van der Waals surface area contributed by atoms with Gasteiger partial charge in [-0.1, -0.05) is 34.4 Å². The fourth-order valence-corrected chi connectivity index (χ4v) is 3.14. The number of carbonyl (C=O) groups is 1. The molecule has 0 atom stereocenters. The van der Waals surface area contributed by atoms with Gasteiger partial charge in [-0.05, 0) is 30.3 Å². The van der Waals surface area contributed by atoms with Crippen LogP contribution < -0.4 is 9.47 Å². The predicted molar refractivity (Wildman–Crippen MR) is 105 cm³/mol. The number of halogens is 2. The van der Waals surface area contributed by atoms with Crippen LogP contribution in [0, 0.1) is 0 Å². The molecule has 146 valence electrons. The molecule has 0 saturated heterocycles. The molecule has 1 aromatic heterocycles. The van der Waals surface area contributed by atoms with Crippen molar-refractivity contribution in [2.24, 2.45) is 0 Å². The molecule has 0 aliphatic carbocycles. The SMILES string of the molecule is COc1ccc(-c2noc(CN(C)C(=O)c3c(Cl)cccc3Cl)n2)cc1OC. The van der Waals surface area contributed by atoms with Crippen molar-refractivity contribution in [2.45, 2.75) is 6.54 Å². The number of hydrogen-bond acceptors (Lipinski definition) is 6. The third-order valence-electron chi connectivity index (χ3n) is 4.01. The molecule has 0 bridgehead atoms. The second-order valence-electron chi connectivity index (χ2n) is 5.84. The summed E-state index contributed by atoms with van der Waals surface area (Å²) in [5.41, 5.74) is 0.920. The standard InChI is InChI=1S/C19H17Cl2N3O4/c1-24(19(25)17-12(20)5-4-6-13(17)21)10-16-22-18(23-28-16)11-7-8-14(26-2)15(9-11)27-3/h4-9H,10H2,1-3H3. The van der Waals surface area contributed by atoms with Crippen molar-refractivity contribution < 1.29 is 18.8 Å². The molecule has 0 unspecified atom stereocenters. The molecule has 0 aliphatic heterocycles. The molecule has 0 aliphatic rings. The number of rotatable bonds is 6. The van der Waals surface area contributed by atoms with Gasteiger partial charge in [0.05, 0.1) is 36.4 Å². The molecule has 1 heterocycles. The quantitative estimate of drug-likeness (QED) is 0.589. The number of aromatic nitrogens is 2. The smallest absolute Gasteiger partial charge is 0.257 e. The van der Waals surface area contributed by atoms with Crippen LogP contribution in [0.2, 0.25) is 10.0 Å². The minimum absolute atomic E-state index is 0.0979. The Labute approximate surface area is 171 Å². The van der Waals surface area contributed by atoms with Crippen LogP contribution in [0.15, 0.2) is 40.9 Å². The van der Waals surface area contributed by atoms with Gasteiger partial charge >= 0.3 is 0 Å². The van der Waals surface area contributed by atoms with Crippen LogP contribution in [-0.4, -0.2) is 42.2 Å². The summed E-state index contributed by atoms with van der Waals surface area (Å²) in [7, 11) is 4.70. The molecule has 1 amide bonds. The minimum Gasteiger partial charge on any atom is -0.493 e. The van der Waals surface area contributed by atoms with E-state index < -0.39 is 0 Å². The summed E-state index contributed by atoms with van der Waals surface area (Å²) in [6.07, 6.45) is 0. The Morgan fingerprint density at radius 3 is 2.43 bits per heavy atom. The van der Waals surface area contributed by atoms with Crippen molar-refractivity contribution in [3.05, 3.63) is 57.9 Å². The third-order valence-corrected chi connectivity index (χ3v) is 4.64. The number of amides is 1. The van der Waals surface area contributed by atoms with Gasteiger partial charge in [-0.15, -0.1) is 0 Å². The number of carbonyl (C=O) groups excluding carboxylic acids is 1. The maximum atomic E-state index is 12.7.